The summed E-state index contributed by atoms with van der Waals surface area (Å²) in [7, 11) is 0. The van der Waals surface area contributed by atoms with Crippen LogP contribution in [0.25, 0.3) is 0 Å². The number of amides is 4. The number of rotatable bonds is 4. The Morgan fingerprint density at radius 3 is 2.71 bits per heavy atom. The highest BCUT2D eigenvalue weighted by atomic mass is 16.6. The number of carbonyl (C=O) groups excluding carboxylic acids is 3. The maximum atomic E-state index is 13.8. The van der Waals surface area contributed by atoms with Crippen molar-refractivity contribution < 1.29 is 24.0 Å². The molecule has 0 bridgehead atoms. The van der Waals surface area contributed by atoms with E-state index in [1.165, 1.54) is 12.1 Å². The Hall–Kier alpha value is -3.01. The van der Waals surface area contributed by atoms with Crippen molar-refractivity contribution in [3.63, 3.8) is 0 Å². The number of imide groups is 2. The summed E-state index contributed by atoms with van der Waals surface area (Å²) in [6, 6.07) is 3.17. The molecule has 0 aliphatic carbocycles. The molecule has 10 nitrogen and oxygen atoms in total. The number of ether oxygens (including phenoxy) is 1. The second kappa shape index (κ2) is 7.60. The zero-order chi connectivity index (χ0) is 22.5. The number of fused-ring (bicyclic) bond motifs is 4. The lowest BCUT2D eigenvalue weighted by molar-refractivity contribution is -0.384. The molecule has 10 heteroatoms. The quantitative estimate of drug-likeness (QED) is 0.440. The second-order valence-corrected chi connectivity index (χ2v) is 8.54. The third kappa shape index (κ3) is 3.16. The number of nitrogens with zero attached hydrogens (tertiary/aromatic N) is 3. The number of carbonyl (C=O) groups is 3. The number of barbiturate groups is 1. The Morgan fingerprint density at radius 2 is 2.03 bits per heavy atom. The van der Waals surface area contributed by atoms with Crippen LogP contribution >= 0.6 is 0 Å². The minimum atomic E-state index is -1.61. The Bertz CT molecular complexity index is 965. The Balaban J connectivity index is 1.88. The molecule has 3 aliphatic heterocycles. The van der Waals surface area contributed by atoms with Gasteiger partial charge in [0.25, 0.3) is 5.69 Å². The molecule has 1 aromatic rings. The van der Waals surface area contributed by atoms with E-state index in [9.17, 15) is 24.5 Å². The van der Waals surface area contributed by atoms with Gasteiger partial charge in [0, 0.05) is 37.3 Å². The zero-order valence-corrected chi connectivity index (χ0v) is 17.8. The molecule has 31 heavy (non-hydrogen) atoms. The molecule has 3 aliphatic rings. The fourth-order valence-electron chi connectivity index (χ4n) is 5.20. The van der Waals surface area contributed by atoms with E-state index in [0.717, 1.165) is 17.0 Å². The summed E-state index contributed by atoms with van der Waals surface area (Å²) in [5.74, 6) is -1.24. The summed E-state index contributed by atoms with van der Waals surface area (Å²) in [5.41, 5.74) is -0.422. The molecule has 0 radical (unpaired) electrons. The fourth-order valence-corrected chi connectivity index (χ4v) is 5.20. The predicted molar refractivity (Wildman–Crippen MR) is 111 cm³/mol. The average molecular weight is 430 g/mol. The molecule has 1 N–H and O–H groups in total. The molecule has 4 atom stereocenters. The molecule has 4 amide bonds. The van der Waals surface area contributed by atoms with Crippen molar-refractivity contribution in [2.45, 2.75) is 58.3 Å². The van der Waals surface area contributed by atoms with Gasteiger partial charge in [-0.15, -0.1) is 0 Å². The van der Waals surface area contributed by atoms with Crippen molar-refractivity contribution in [3.05, 3.63) is 33.9 Å². The number of nitro groups is 1. The number of non-ortho nitro benzene ring substituents is 1. The van der Waals surface area contributed by atoms with Crippen LogP contribution < -0.4 is 10.2 Å². The number of benzene rings is 1. The van der Waals surface area contributed by atoms with E-state index >= 15 is 0 Å². The van der Waals surface area contributed by atoms with Crippen molar-refractivity contribution in [1.82, 2.24) is 10.2 Å². The van der Waals surface area contributed by atoms with Crippen LogP contribution in [0.2, 0.25) is 0 Å². The lowest BCUT2D eigenvalue weighted by Crippen LogP contribution is -2.75. The van der Waals surface area contributed by atoms with Gasteiger partial charge >= 0.3 is 6.03 Å². The van der Waals surface area contributed by atoms with Gasteiger partial charge in [-0.2, -0.15) is 0 Å². The van der Waals surface area contributed by atoms with Gasteiger partial charge in [0.2, 0.25) is 11.8 Å². The maximum absolute atomic E-state index is 13.8. The summed E-state index contributed by atoms with van der Waals surface area (Å²) in [4.78, 5) is 53.5. The van der Waals surface area contributed by atoms with E-state index in [2.05, 4.69) is 5.32 Å². The van der Waals surface area contributed by atoms with Crippen LogP contribution in [0.4, 0.5) is 16.2 Å². The second-order valence-electron chi connectivity index (χ2n) is 8.54. The van der Waals surface area contributed by atoms with Crippen LogP contribution in [-0.4, -0.2) is 59.0 Å². The third-order valence-electron chi connectivity index (χ3n) is 6.47. The normalized spacial score (nSPS) is 30.2. The standard InChI is InChI=1S/C21H26N4O6/c1-4-5-8-23-19(27)21(18(26)22-20(23)28)10-14-9-15(25(29)30)6-7-16(14)24-11-12(2)31-13(3)17(21)24/h6-7,9,12-13,17H,4-5,8,10-11H2,1-3H3,(H,22,26,28)/t12-,13-,17-,21-/m1/s1. The molecular weight excluding hydrogens is 404 g/mol. The molecule has 4 rings (SSSR count). The minimum absolute atomic E-state index is 0.0339. The van der Waals surface area contributed by atoms with E-state index in [-0.39, 0.29) is 24.8 Å². The van der Waals surface area contributed by atoms with Gasteiger partial charge in [0.15, 0.2) is 5.41 Å². The number of morpholine rings is 1. The van der Waals surface area contributed by atoms with Gasteiger partial charge < -0.3 is 9.64 Å². The summed E-state index contributed by atoms with van der Waals surface area (Å²) in [6.07, 6.45) is 0.725. The molecule has 0 saturated carbocycles. The molecule has 1 spiro atoms. The summed E-state index contributed by atoms with van der Waals surface area (Å²) < 4.78 is 6.01. The number of nitro benzene ring substituents is 1. The van der Waals surface area contributed by atoms with Gasteiger partial charge in [-0.1, -0.05) is 13.3 Å². The first-order valence-electron chi connectivity index (χ1n) is 10.6. The molecule has 1 aromatic carbocycles. The van der Waals surface area contributed by atoms with E-state index in [4.69, 9.17) is 4.74 Å². The van der Waals surface area contributed by atoms with Crippen molar-refractivity contribution in [2.75, 3.05) is 18.0 Å². The van der Waals surface area contributed by atoms with Gasteiger partial charge in [-0.25, -0.2) is 4.79 Å². The number of urea groups is 1. The first-order valence-corrected chi connectivity index (χ1v) is 10.6. The van der Waals surface area contributed by atoms with Gasteiger partial charge in [0.05, 0.1) is 23.2 Å². The monoisotopic (exact) mass is 430 g/mol. The zero-order valence-electron chi connectivity index (χ0n) is 17.8. The van der Waals surface area contributed by atoms with Gasteiger partial charge in [-0.05, 0) is 31.9 Å². The highest BCUT2D eigenvalue weighted by Crippen LogP contribution is 2.48. The highest BCUT2D eigenvalue weighted by molar-refractivity contribution is 6.20. The van der Waals surface area contributed by atoms with E-state index in [1.807, 2.05) is 25.7 Å². The molecule has 166 valence electrons. The van der Waals surface area contributed by atoms with Gasteiger partial charge in [-0.3, -0.25) is 29.9 Å². The van der Waals surface area contributed by atoms with Crippen LogP contribution in [0.5, 0.6) is 0 Å². The van der Waals surface area contributed by atoms with Crippen molar-refractivity contribution in [3.8, 4) is 0 Å². The van der Waals surface area contributed by atoms with Crippen molar-refractivity contribution >= 4 is 29.2 Å². The Morgan fingerprint density at radius 1 is 1.29 bits per heavy atom. The van der Waals surface area contributed by atoms with Crippen molar-refractivity contribution in [1.29, 1.82) is 0 Å². The van der Waals surface area contributed by atoms with Crippen LogP contribution in [0.3, 0.4) is 0 Å². The lowest BCUT2D eigenvalue weighted by atomic mass is 9.66. The summed E-state index contributed by atoms with van der Waals surface area (Å²) in [5, 5.41) is 13.7. The topological polar surface area (TPSA) is 122 Å². The fraction of sp³-hybridized carbons (Fsp3) is 0.571. The summed E-state index contributed by atoms with van der Waals surface area (Å²) in [6.45, 7) is 6.29. The molecule has 2 saturated heterocycles. The number of unbranched alkanes of at least 4 members (excludes halogenated alkanes) is 1. The molecular formula is C21H26N4O6. The average Bonchev–Trinajstić information content (AvgIpc) is 2.71. The summed E-state index contributed by atoms with van der Waals surface area (Å²) >= 11 is 0. The SMILES string of the molecule is CCCCN1C(=O)NC(=O)[C@]2(Cc3cc([N+](=O)[O-])ccc3N3C[C@@H](C)O[C@H](C)[C@@H]32)C1=O. The van der Waals surface area contributed by atoms with Crippen LogP contribution in [0, 0.1) is 15.5 Å². The number of nitrogens with one attached hydrogen (secondary N) is 1. The Kier molecular flexibility index (Phi) is 5.20. The maximum Gasteiger partial charge on any atom is 0.330 e. The first-order chi connectivity index (χ1) is 14.7. The number of anilines is 1. The molecule has 0 unspecified atom stereocenters. The minimum Gasteiger partial charge on any atom is -0.372 e. The van der Waals surface area contributed by atoms with E-state index in [1.54, 1.807) is 6.07 Å². The first kappa shape index (κ1) is 21.2. The lowest BCUT2D eigenvalue weighted by Gasteiger charge is -2.56. The smallest absolute Gasteiger partial charge is 0.330 e. The largest absolute Gasteiger partial charge is 0.372 e. The molecule has 3 heterocycles. The molecule has 0 aromatic heterocycles. The third-order valence-corrected chi connectivity index (χ3v) is 6.47. The Labute approximate surface area is 179 Å². The van der Waals surface area contributed by atoms with E-state index in [0.29, 0.717) is 18.5 Å². The van der Waals surface area contributed by atoms with Crippen LogP contribution in [0.1, 0.15) is 39.2 Å². The predicted octanol–water partition coefficient (Wildman–Crippen LogP) is 2.00. The highest BCUT2D eigenvalue weighted by Gasteiger charge is 2.64. The number of hydrogen-bond donors (Lipinski definition) is 1. The van der Waals surface area contributed by atoms with E-state index < -0.39 is 40.3 Å². The van der Waals surface area contributed by atoms with Gasteiger partial charge in [0.1, 0.15) is 0 Å². The van der Waals surface area contributed by atoms with Crippen LogP contribution in [0.15, 0.2) is 18.2 Å². The van der Waals surface area contributed by atoms with Crippen LogP contribution in [-0.2, 0) is 20.7 Å². The number of hydrogen-bond acceptors (Lipinski definition) is 7. The molecule has 2 fully saturated rings. The van der Waals surface area contributed by atoms with Crippen molar-refractivity contribution in [2.24, 2.45) is 5.41 Å².